The Morgan fingerprint density at radius 3 is 2.33 bits per heavy atom. The van der Waals surface area contributed by atoms with E-state index in [1.807, 2.05) is 18.2 Å². The van der Waals surface area contributed by atoms with Gasteiger partial charge in [-0.15, -0.1) is 11.3 Å². The number of methoxy groups -OCH3 is 1. The first-order chi connectivity index (χ1) is 15.8. The van der Waals surface area contributed by atoms with Crippen LogP contribution in [0.3, 0.4) is 0 Å². The van der Waals surface area contributed by atoms with Crippen molar-refractivity contribution in [3.8, 4) is 22.3 Å². The Hall–Kier alpha value is -1.72. The van der Waals surface area contributed by atoms with E-state index in [9.17, 15) is 14.7 Å². The molecular weight excluding hydrogens is 461 g/mol. The van der Waals surface area contributed by atoms with Crippen molar-refractivity contribution in [2.45, 2.75) is 43.5 Å². The number of benzene rings is 1. The summed E-state index contributed by atoms with van der Waals surface area (Å²) in [5.41, 5.74) is 0.806. The molecule has 1 aromatic heterocycles. The maximum Gasteiger partial charge on any atom is 0.373 e. The molecule has 4 bridgehead atoms. The Morgan fingerprint density at radius 2 is 1.82 bits per heavy atom. The van der Waals surface area contributed by atoms with Gasteiger partial charge in [0.2, 0.25) is 0 Å². The molecule has 4 aliphatic carbocycles. The second-order valence-corrected chi connectivity index (χ2v) is 12.8. The fourth-order valence-electron chi connectivity index (χ4n) is 7.09. The largest absolute Gasteiger partial charge is 0.424 e. The number of rotatable bonds is 5. The van der Waals surface area contributed by atoms with Crippen LogP contribution in [0, 0.1) is 35.0 Å². The number of hydrogen-bond donors (Lipinski definition) is 1. The summed E-state index contributed by atoms with van der Waals surface area (Å²) in [4.78, 5) is 23.2. The lowest BCUT2D eigenvalue weighted by molar-refractivity contribution is -0.645. The second-order valence-electron chi connectivity index (χ2n) is 9.97. The van der Waals surface area contributed by atoms with Crippen molar-refractivity contribution >= 4 is 18.9 Å². The van der Waals surface area contributed by atoms with Crippen LogP contribution in [0.15, 0.2) is 30.3 Å². The molecule has 1 aliphatic heterocycles. The highest BCUT2D eigenvalue weighted by molar-refractivity contribution is 7.52. The molecular formula is C24H26NO6PS. The fourth-order valence-corrected chi connectivity index (χ4v) is 8.44. The molecule has 1 spiro atoms. The summed E-state index contributed by atoms with van der Waals surface area (Å²) < 4.78 is 23.9. The molecule has 5 fully saturated rings. The van der Waals surface area contributed by atoms with E-state index < -0.39 is 19.0 Å². The second kappa shape index (κ2) is 7.39. The summed E-state index contributed by atoms with van der Waals surface area (Å²) in [5.74, 6) is 1.40. The number of thiophene rings is 1. The molecule has 1 aromatic carbocycles. The topological polar surface area (TPSA) is 98.0 Å². The lowest BCUT2D eigenvalue weighted by atomic mass is 9.47. The molecule has 174 valence electrons. The van der Waals surface area contributed by atoms with Crippen LogP contribution in [-0.2, 0) is 24.9 Å². The third-order valence-corrected chi connectivity index (χ3v) is 9.62. The van der Waals surface area contributed by atoms with Crippen LogP contribution in [0.2, 0.25) is 0 Å². The van der Waals surface area contributed by atoms with Crippen LogP contribution in [-0.4, -0.2) is 24.3 Å². The molecule has 2 atom stereocenters. The molecule has 5 aliphatic rings. The zero-order chi connectivity index (χ0) is 23.0. The maximum absolute atomic E-state index is 12.2. The average molecular weight is 488 g/mol. The summed E-state index contributed by atoms with van der Waals surface area (Å²) >= 11 is 1.31. The van der Waals surface area contributed by atoms with Gasteiger partial charge in [-0.3, -0.25) is 0 Å². The highest BCUT2D eigenvalue weighted by Gasteiger charge is 2.76. The minimum Gasteiger partial charge on any atom is -0.424 e. The third-order valence-electron chi connectivity index (χ3n) is 8.06. The Balaban J connectivity index is 1.45. The van der Waals surface area contributed by atoms with Gasteiger partial charge in [0.05, 0.1) is 0 Å². The van der Waals surface area contributed by atoms with Crippen molar-refractivity contribution in [1.29, 1.82) is 5.26 Å². The van der Waals surface area contributed by atoms with Crippen molar-refractivity contribution in [2.75, 3.05) is 13.8 Å². The summed E-state index contributed by atoms with van der Waals surface area (Å²) in [6, 6.07) is 11.2. The summed E-state index contributed by atoms with van der Waals surface area (Å²) in [6.45, 7) is 1.16. The average Bonchev–Trinajstić information content (AvgIpc) is 3.21. The van der Waals surface area contributed by atoms with Gasteiger partial charge in [-0.25, -0.2) is 9.45 Å². The van der Waals surface area contributed by atoms with E-state index in [-0.39, 0.29) is 5.75 Å². The summed E-state index contributed by atoms with van der Waals surface area (Å²) in [6.07, 6.45) is 5.81. The molecule has 7 rings (SSSR count). The van der Waals surface area contributed by atoms with Gasteiger partial charge < -0.3 is 14.2 Å². The van der Waals surface area contributed by atoms with Gasteiger partial charge in [0, 0.05) is 29.8 Å². The molecule has 33 heavy (non-hydrogen) atoms. The Kier molecular flexibility index (Phi) is 4.88. The lowest BCUT2D eigenvalue weighted by Crippen LogP contribution is -2.76. The molecule has 1 saturated heterocycles. The minimum atomic E-state index is -3.84. The Morgan fingerprint density at radius 1 is 1.12 bits per heavy atom. The number of hydrogen-bond acceptors (Lipinski definition) is 7. The third kappa shape index (κ3) is 3.11. The van der Waals surface area contributed by atoms with E-state index in [0.717, 1.165) is 49.1 Å². The first-order valence-corrected chi connectivity index (χ1v) is 14.2. The minimum absolute atomic E-state index is 0.262. The Labute approximate surface area is 196 Å². The van der Waals surface area contributed by atoms with E-state index in [4.69, 9.17) is 19.0 Å². The first kappa shape index (κ1) is 21.8. The van der Waals surface area contributed by atoms with Gasteiger partial charge in [0.15, 0.2) is 5.60 Å². The van der Waals surface area contributed by atoms with Gasteiger partial charge >= 0.3 is 7.60 Å². The van der Waals surface area contributed by atoms with E-state index in [0.29, 0.717) is 27.8 Å². The molecule has 4 saturated carbocycles. The molecule has 2 aromatic rings. The standard InChI is InChI=1S/C24H26NO6PS/c1-28-24(23(30-31-24)17-8-14-7-15(10-17)11-18(23)9-14)16-3-5-20(21(12-16)29-32(2,26)27)22-6-4-19(13-25)33-22/h3-6,12,14-15,17-18H,7-11H2,1-2H3,(H,26,27). The molecule has 2 heterocycles. The fraction of sp³-hybridized carbons (Fsp3) is 0.542. The number of nitrogens with zero attached hydrogens (tertiary/aromatic N) is 1. The van der Waals surface area contributed by atoms with E-state index in [1.54, 1.807) is 19.2 Å². The monoisotopic (exact) mass is 487 g/mol. The van der Waals surface area contributed by atoms with Gasteiger partial charge in [-0.1, -0.05) is 6.07 Å². The molecule has 0 radical (unpaired) electrons. The summed E-state index contributed by atoms with van der Waals surface area (Å²) in [7, 11) is -2.20. The van der Waals surface area contributed by atoms with Gasteiger partial charge in [0.1, 0.15) is 16.7 Å². The smallest absolute Gasteiger partial charge is 0.373 e. The van der Waals surface area contributed by atoms with Gasteiger partial charge in [-0.05, 0) is 80.0 Å². The number of nitriles is 1. The zero-order valence-corrected chi connectivity index (χ0v) is 20.2. The first-order valence-electron chi connectivity index (χ1n) is 11.3. The van der Waals surface area contributed by atoms with Crippen molar-refractivity contribution < 1.29 is 28.5 Å². The molecule has 0 amide bonds. The van der Waals surface area contributed by atoms with Gasteiger partial charge in [0.25, 0.3) is 5.79 Å². The van der Waals surface area contributed by atoms with Crippen molar-refractivity contribution in [3.05, 3.63) is 40.8 Å². The van der Waals surface area contributed by atoms with Crippen LogP contribution < -0.4 is 4.52 Å². The highest BCUT2D eigenvalue weighted by atomic mass is 32.1. The normalized spacial score (nSPS) is 38.0. The van der Waals surface area contributed by atoms with E-state index >= 15 is 0 Å². The van der Waals surface area contributed by atoms with Crippen LogP contribution in [0.1, 0.15) is 42.5 Å². The molecule has 1 N–H and O–H groups in total. The van der Waals surface area contributed by atoms with E-state index in [2.05, 4.69) is 6.07 Å². The lowest BCUT2D eigenvalue weighted by Gasteiger charge is -2.68. The molecule has 7 nitrogen and oxygen atoms in total. The predicted molar refractivity (Wildman–Crippen MR) is 121 cm³/mol. The van der Waals surface area contributed by atoms with Crippen LogP contribution in [0.5, 0.6) is 5.75 Å². The summed E-state index contributed by atoms with van der Waals surface area (Å²) in [5, 5.41) is 9.21. The molecule has 2 unspecified atom stereocenters. The van der Waals surface area contributed by atoms with E-state index in [1.165, 1.54) is 17.8 Å². The van der Waals surface area contributed by atoms with Crippen LogP contribution >= 0.6 is 18.9 Å². The predicted octanol–water partition coefficient (Wildman–Crippen LogP) is 5.44. The molecule has 9 heteroatoms. The maximum atomic E-state index is 12.2. The highest BCUT2D eigenvalue weighted by Crippen LogP contribution is 2.69. The van der Waals surface area contributed by atoms with Crippen LogP contribution in [0.25, 0.3) is 10.4 Å². The Bertz CT molecular complexity index is 1170. The van der Waals surface area contributed by atoms with Crippen LogP contribution in [0.4, 0.5) is 0 Å². The van der Waals surface area contributed by atoms with Crippen molar-refractivity contribution in [3.63, 3.8) is 0 Å². The zero-order valence-electron chi connectivity index (χ0n) is 18.5. The van der Waals surface area contributed by atoms with Gasteiger partial charge in [-0.2, -0.15) is 10.1 Å². The quantitative estimate of drug-likeness (QED) is 0.443. The number of ether oxygens (including phenoxy) is 1. The van der Waals surface area contributed by atoms with Crippen molar-refractivity contribution in [1.82, 2.24) is 0 Å². The van der Waals surface area contributed by atoms with Crippen molar-refractivity contribution in [2.24, 2.45) is 23.7 Å². The SMILES string of the molecule is COC1(c2ccc(-c3ccc(C#N)s3)c(OP(C)(=O)O)c2)OOC12C1CC3CC(C1)CC2C3.